The van der Waals surface area contributed by atoms with Crippen LogP contribution in [-0.2, 0) is 6.42 Å². The van der Waals surface area contributed by atoms with Gasteiger partial charge in [0.25, 0.3) is 0 Å². The van der Waals surface area contributed by atoms with Crippen LogP contribution in [0.25, 0.3) is 0 Å². The van der Waals surface area contributed by atoms with E-state index >= 15 is 0 Å². The zero-order chi connectivity index (χ0) is 14.2. The molecule has 2 aliphatic carbocycles. The number of allylic oxidation sites excluding steroid dienone is 4. The topological polar surface area (TPSA) is 51.8 Å². The van der Waals surface area contributed by atoms with Crippen molar-refractivity contribution in [1.29, 1.82) is 0 Å². The molecule has 21 heavy (non-hydrogen) atoms. The summed E-state index contributed by atoms with van der Waals surface area (Å²) >= 11 is 0. The molecule has 1 heterocycles. The second-order valence-electron chi connectivity index (χ2n) is 5.69. The number of fused-ring (bicyclic) bond motifs is 3. The number of aromatic nitrogens is 2. The summed E-state index contributed by atoms with van der Waals surface area (Å²) in [5.74, 6) is 1.14. The van der Waals surface area contributed by atoms with Gasteiger partial charge in [-0.05, 0) is 24.0 Å². The molecule has 2 aromatic rings. The van der Waals surface area contributed by atoms with Gasteiger partial charge < -0.3 is 5.73 Å². The molecule has 2 atom stereocenters. The molecule has 1 aromatic carbocycles. The minimum Gasteiger partial charge on any atom is -0.368 e. The number of nitrogens with zero attached hydrogens (tertiary/aromatic N) is 2. The monoisotopic (exact) mass is 275 g/mol. The molecule has 2 N–H and O–H groups in total. The average Bonchev–Trinajstić information content (AvgIpc) is 2.55. The molecule has 4 rings (SSSR count). The highest BCUT2D eigenvalue weighted by atomic mass is 15.0. The van der Waals surface area contributed by atoms with Gasteiger partial charge >= 0.3 is 0 Å². The van der Waals surface area contributed by atoms with Crippen molar-refractivity contribution in [1.82, 2.24) is 9.97 Å². The Morgan fingerprint density at radius 2 is 1.95 bits per heavy atom. The van der Waals surface area contributed by atoms with Gasteiger partial charge in [-0.2, -0.15) is 0 Å². The molecule has 2 aliphatic rings. The average molecular weight is 275 g/mol. The summed E-state index contributed by atoms with van der Waals surface area (Å²) in [7, 11) is 0. The van der Waals surface area contributed by atoms with Gasteiger partial charge in [0.1, 0.15) is 0 Å². The highest BCUT2D eigenvalue weighted by Crippen LogP contribution is 2.46. The van der Waals surface area contributed by atoms with Crippen molar-refractivity contribution >= 4 is 5.95 Å². The highest BCUT2D eigenvalue weighted by molar-refractivity contribution is 5.47. The van der Waals surface area contributed by atoms with E-state index in [1.165, 1.54) is 16.7 Å². The van der Waals surface area contributed by atoms with Gasteiger partial charge in [-0.25, -0.2) is 9.97 Å². The quantitative estimate of drug-likeness (QED) is 0.868. The first-order valence-corrected chi connectivity index (χ1v) is 7.36. The lowest BCUT2D eigenvalue weighted by Crippen LogP contribution is -2.23. The Hall–Kier alpha value is -2.42. The number of hydrogen-bond acceptors (Lipinski definition) is 3. The molecule has 2 unspecified atom stereocenters. The number of nitrogen functional groups attached to an aromatic ring is 1. The lowest BCUT2D eigenvalue weighted by molar-refractivity contribution is 0.604. The third-order valence-corrected chi connectivity index (χ3v) is 4.47. The second kappa shape index (κ2) is 4.85. The molecule has 0 amide bonds. The van der Waals surface area contributed by atoms with Crippen molar-refractivity contribution in [2.45, 2.75) is 24.7 Å². The maximum absolute atomic E-state index is 5.79. The van der Waals surface area contributed by atoms with Gasteiger partial charge in [-0.3, -0.25) is 0 Å². The first kappa shape index (κ1) is 12.3. The molecular formula is C18H17N3. The third kappa shape index (κ3) is 2.05. The summed E-state index contributed by atoms with van der Waals surface area (Å²) in [6, 6.07) is 10.7. The summed E-state index contributed by atoms with van der Waals surface area (Å²) in [4.78, 5) is 8.71. The van der Waals surface area contributed by atoms with Crippen LogP contribution in [-0.4, -0.2) is 9.97 Å². The van der Waals surface area contributed by atoms with E-state index in [2.05, 4.69) is 58.5 Å². The van der Waals surface area contributed by atoms with E-state index < -0.39 is 0 Å². The molecule has 0 spiro atoms. The molecule has 0 radical (unpaired) electrons. The fraction of sp³-hybridized carbons (Fsp3) is 0.222. The number of hydrogen-bond donors (Lipinski definition) is 1. The smallest absolute Gasteiger partial charge is 0.220 e. The standard InChI is InChI=1S/C18H17N3/c19-18-20-11-13-10-16(12-6-2-1-3-7-12)14-8-4-5-9-15(14)17(13)21-18/h1-8,11,15-16H,9-10H2,(H2,19,20,21). The largest absolute Gasteiger partial charge is 0.368 e. The Morgan fingerprint density at radius 1 is 1.10 bits per heavy atom. The zero-order valence-corrected chi connectivity index (χ0v) is 11.7. The number of anilines is 1. The van der Waals surface area contributed by atoms with Crippen molar-refractivity contribution in [2.24, 2.45) is 0 Å². The Balaban J connectivity index is 1.85. The van der Waals surface area contributed by atoms with E-state index in [0.717, 1.165) is 18.5 Å². The summed E-state index contributed by atoms with van der Waals surface area (Å²) in [6.07, 6.45) is 10.5. The maximum Gasteiger partial charge on any atom is 0.220 e. The van der Waals surface area contributed by atoms with Gasteiger partial charge in [0.15, 0.2) is 0 Å². The molecule has 0 bridgehead atoms. The summed E-state index contributed by atoms with van der Waals surface area (Å²) < 4.78 is 0. The van der Waals surface area contributed by atoms with Crippen LogP contribution < -0.4 is 5.73 Å². The molecule has 0 saturated carbocycles. The first-order chi connectivity index (χ1) is 10.3. The Morgan fingerprint density at radius 3 is 2.81 bits per heavy atom. The van der Waals surface area contributed by atoms with Crippen molar-refractivity contribution < 1.29 is 0 Å². The van der Waals surface area contributed by atoms with Crippen molar-refractivity contribution in [3.63, 3.8) is 0 Å². The molecule has 0 saturated heterocycles. The fourth-order valence-electron chi connectivity index (χ4n) is 3.50. The van der Waals surface area contributed by atoms with E-state index in [0.29, 0.717) is 17.8 Å². The van der Waals surface area contributed by atoms with Gasteiger partial charge in [0, 0.05) is 18.0 Å². The van der Waals surface area contributed by atoms with Crippen molar-refractivity contribution in [2.75, 3.05) is 5.73 Å². The third-order valence-electron chi connectivity index (χ3n) is 4.47. The van der Waals surface area contributed by atoms with E-state index in [1.54, 1.807) is 0 Å². The molecule has 1 aromatic heterocycles. The molecule has 0 fully saturated rings. The van der Waals surface area contributed by atoms with Crippen LogP contribution in [0.5, 0.6) is 0 Å². The Bertz CT molecular complexity index is 731. The van der Waals surface area contributed by atoms with Gasteiger partial charge in [-0.1, -0.05) is 54.1 Å². The van der Waals surface area contributed by atoms with Crippen LogP contribution in [0, 0.1) is 0 Å². The van der Waals surface area contributed by atoms with Crippen LogP contribution in [0.4, 0.5) is 5.95 Å². The van der Waals surface area contributed by atoms with Crippen LogP contribution >= 0.6 is 0 Å². The van der Waals surface area contributed by atoms with Gasteiger partial charge in [-0.15, -0.1) is 0 Å². The van der Waals surface area contributed by atoms with Crippen LogP contribution in [0.15, 0.2) is 60.3 Å². The van der Waals surface area contributed by atoms with E-state index in [-0.39, 0.29) is 0 Å². The zero-order valence-electron chi connectivity index (χ0n) is 11.7. The fourth-order valence-corrected chi connectivity index (χ4v) is 3.50. The van der Waals surface area contributed by atoms with Crippen LogP contribution in [0.1, 0.15) is 35.1 Å². The van der Waals surface area contributed by atoms with E-state index in [4.69, 9.17) is 5.73 Å². The second-order valence-corrected chi connectivity index (χ2v) is 5.69. The van der Waals surface area contributed by atoms with E-state index in [9.17, 15) is 0 Å². The van der Waals surface area contributed by atoms with Crippen LogP contribution in [0.3, 0.4) is 0 Å². The molecule has 3 nitrogen and oxygen atoms in total. The summed E-state index contributed by atoms with van der Waals surface area (Å²) in [5, 5.41) is 0. The number of rotatable bonds is 1. The van der Waals surface area contributed by atoms with Gasteiger partial charge in [0.2, 0.25) is 5.95 Å². The number of nitrogens with two attached hydrogens (primary N) is 1. The molecule has 104 valence electrons. The Kier molecular flexibility index (Phi) is 2.85. The van der Waals surface area contributed by atoms with Crippen LogP contribution in [0.2, 0.25) is 0 Å². The van der Waals surface area contributed by atoms with Crippen molar-refractivity contribution in [3.8, 4) is 0 Å². The predicted molar refractivity (Wildman–Crippen MR) is 83.9 cm³/mol. The first-order valence-electron chi connectivity index (χ1n) is 7.36. The minimum atomic E-state index is 0.342. The van der Waals surface area contributed by atoms with Crippen molar-refractivity contribution in [3.05, 3.63) is 77.2 Å². The lowest BCUT2D eigenvalue weighted by atomic mass is 9.70. The maximum atomic E-state index is 5.79. The summed E-state index contributed by atoms with van der Waals surface area (Å²) in [5.41, 5.74) is 11.0. The Labute approximate surface area is 124 Å². The lowest BCUT2D eigenvalue weighted by Gasteiger charge is -2.35. The SMILES string of the molecule is Nc1ncc2c(n1)C1CC=CC=C1C(c1ccccc1)C2. The minimum absolute atomic E-state index is 0.342. The normalized spacial score (nSPS) is 23.1. The van der Waals surface area contributed by atoms with Gasteiger partial charge in [0.05, 0.1) is 5.69 Å². The summed E-state index contributed by atoms with van der Waals surface area (Å²) in [6.45, 7) is 0. The predicted octanol–water partition coefficient (Wildman–Crippen LogP) is 3.37. The molecular weight excluding hydrogens is 258 g/mol. The highest BCUT2D eigenvalue weighted by Gasteiger charge is 2.34. The number of benzene rings is 1. The molecule has 0 aliphatic heterocycles. The van der Waals surface area contributed by atoms with E-state index in [1.807, 2.05) is 6.20 Å². The molecule has 3 heteroatoms.